The molecule has 0 radical (unpaired) electrons. The second kappa shape index (κ2) is 4.41. The van der Waals surface area contributed by atoms with E-state index in [1.54, 1.807) is 0 Å². The van der Waals surface area contributed by atoms with E-state index in [1.807, 2.05) is 18.2 Å². The predicted octanol–water partition coefficient (Wildman–Crippen LogP) is 2.99. The third-order valence-electron chi connectivity index (χ3n) is 3.01. The molecule has 0 amide bonds. The molecule has 1 aromatic carbocycles. The Morgan fingerprint density at radius 1 is 1.14 bits per heavy atom. The molecule has 1 aliphatic rings. The zero-order valence-electron chi connectivity index (χ0n) is 8.41. The van der Waals surface area contributed by atoms with Crippen LogP contribution in [0.5, 0.6) is 0 Å². The van der Waals surface area contributed by atoms with Gasteiger partial charge in [-0.2, -0.15) is 0 Å². The van der Waals surface area contributed by atoms with Crippen LogP contribution in [0.25, 0.3) is 0 Å². The first kappa shape index (κ1) is 9.45. The zero-order valence-corrected chi connectivity index (χ0v) is 8.41. The van der Waals surface area contributed by atoms with Gasteiger partial charge in [0.1, 0.15) is 5.78 Å². The molecule has 0 spiro atoms. The van der Waals surface area contributed by atoms with E-state index in [0.717, 1.165) is 25.7 Å². The Morgan fingerprint density at radius 2 is 1.93 bits per heavy atom. The van der Waals surface area contributed by atoms with Crippen molar-refractivity contribution in [2.75, 3.05) is 0 Å². The maximum Gasteiger partial charge on any atom is 0.136 e. The Bertz CT molecular complexity index is 302. The lowest BCUT2D eigenvalue weighted by Crippen LogP contribution is -2.20. The first-order valence-corrected chi connectivity index (χ1v) is 5.43. The Hall–Kier alpha value is -1.11. The van der Waals surface area contributed by atoms with E-state index in [1.165, 1.54) is 12.0 Å². The summed E-state index contributed by atoms with van der Waals surface area (Å²) in [7, 11) is 0. The predicted molar refractivity (Wildman–Crippen MR) is 57.1 cm³/mol. The summed E-state index contributed by atoms with van der Waals surface area (Å²) in [6.07, 6.45) is 5.16. The lowest BCUT2D eigenvalue weighted by Gasteiger charge is -2.20. The summed E-state index contributed by atoms with van der Waals surface area (Å²) in [5.41, 5.74) is 1.30. The number of benzene rings is 1. The normalized spacial score (nSPS) is 22.3. The summed E-state index contributed by atoms with van der Waals surface area (Å²) >= 11 is 0. The van der Waals surface area contributed by atoms with Crippen LogP contribution in [-0.2, 0) is 11.2 Å². The number of hydrogen-bond donors (Lipinski definition) is 0. The average molecular weight is 188 g/mol. The van der Waals surface area contributed by atoms with Crippen molar-refractivity contribution in [2.24, 2.45) is 5.92 Å². The average Bonchev–Trinajstić information content (AvgIpc) is 2.23. The molecule has 2 rings (SSSR count). The summed E-state index contributed by atoms with van der Waals surface area (Å²) in [5, 5.41) is 0. The van der Waals surface area contributed by atoms with Gasteiger partial charge in [-0.3, -0.25) is 4.79 Å². The molecule has 0 bridgehead atoms. The van der Waals surface area contributed by atoms with Crippen LogP contribution in [-0.4, -0.2) is 5.78 Å². The minimum absolute atomic E-state index is 0.297. The molecule has 14 heavy (non-hydrogen) atoms. The second-order valence-electron chi connectivity index (χ2n) is 4.10. The molecular formula is C13H16O. The van der Waals surface area contributed by atoms with Gasteiger partial charge in [-0.1, -0.05) is 36.8 Å². The van der Waals surface area contributed by atoms with Crippen LogP contribution in [0.2, 0.25) is 0 Å². The molecule has 1 fully saturated rings. The highest BCUT2D eigenvalue weighted by atomic mass is 16.1. The van der Waals surface area contributed by atoms with Crippen LogP contribution in [0, 0.1) is 5.92 Å². The molecule has 0 unspecified atom stereocenters. The van der Waals surface area contributed by atoms with Crippen molar-refractivity contribution in [3.63, 3.8) is 0 Å². The minimum Gasteiger partial charge on any atom is -0.299 e. The smallest absolute Gasteiger partial charge is 0.136 e. The van der Waals surface area contributed by atoms with E-state index < -0.39 is 0 Å². The van der Waals surface area contributed by atoms with Crippen molar-refractivity contribution in [3.8, 4) is 0 Å². The molecule has 1 saturated carbocycles. The van der Waals surface area contributed by atoms with E-state index in [-0.39, 0.29) is 0 Å². The summed E-state index contributed by atoms with van der Waals surface area (Å²) in [5.74, 6) is 0.770. The SMILES string of the molecule is O=C1CCCC[C@@H]1Cc1ccccc1. The van der Waals surface area contributed by atoms with Crippen LogP contribution < -0.4 is 0 Å². The number of Topliss-reactive ketones (excluding diaryl/α,β-unsaturated/α-hetero) is 1. The number of carbonyl (C=O) groups excluding carboxylic acids is 1. The maximum atomic E-state index is 11.6. The fraction of sp³-hybridized carbons (Fsp3) is 0.462. The highest BCUT2D eigenvalue weighted by Crippen LogP contribution is 2.23. The highest BCUT2D eigenvalue weighted by Gasteiger charge is 2.21. The molecule has 0 aliphatic heterocycles. The van der Waals surface area contributed by atoms with Crippen molar-refractivity contribution >= 4 is 5.78 Å². The van der Waals surface area contributed by atoms with Gasteiger partial charge < -0.3 is 0 Å². The van der Waals surface area contributed by atoms with Gasteiger partial charge in [0.05, 0.1) is 0 Å². The molecule has 0 heterocycles. The molecule has 1 nitrogen and oxygen atoms in total. The Kier molecular flexibility index (Phi) is 2.97. The van der Waals surface area contributed by atoms with Crippen LogP contribution >= 0.6 is 0 Å². The summed E-state index contributed by atoms with van der Waals surface area (Å²) in [4.78, 5) is 11.6. The Labute approximate surface area is 85.1 Å². The first-order valence-electron chi connectivity index (χ1n) is 5.43. The summed E-state index contributed by atoms with van der Waals surface area (Å²) < 4.78 is 0. The topological polar surface area (TPSA) is 17.1 Å². The van der Waals surface area contributed by atoms with Crippen molar-refractivity contribution < 1.29 is 4.79 Å². The van der Waals surface area contributed by atoms with Gasteiger partial charge in [-0.05, 0) is 24.8 Å². The van der Waals surface area contributed by atoms with Crippen molar-refractivity contribution in [3.05, 3.63) is 35.9 Å². The van der Waals surface area contributed by atoms with Crippen molar-refractivity contribution in [1.29, 1.82) is 0 Å². The van der Waals surface area contributed by atoms with Gasteiger partial charge in [0, 0.05) is 12.3 Å². The molecule has 0 N–H and O–H groups in total. The van der Waals surface area contributed by atoms with Gasteiger partial charge in [0.25, 0.3) is 0 Å². The van der Waals surface area contributed by atoms with Gasteiger partial charge in [0.2, 0.25) is 0 Å². The number of hydrogen-bond acceptors (Lipinski definition) is 1. The summed E-state index contributed by atoms with van der Waals surface area (Å²) in [6.45, 7) is 0. The maximum absolute atomic E-state index is 11.6. The number of ketones is 1. The second-order valence-corrected chi connectivity index (χ2v) is 4.10. The highest BCUT2D eigenvalue weighted by molar-refractivity contribution is 5.81. The van der Waals surface area contributed by atoms with Crippen LogP contribution in [0.4, 0.5) is 0 Å². The molecule has 74 valence electrons. The van der Waals surface area contributed by atoms with Crippen molar-refractivity contribution in [2.45, 2.75) is 32.1 Å². The zero-order chi connectivity index (χ0) is 9.80. The van der Waals surface area contributed by atoms with Gasteiger partial charge >= 0.3 is 0 Å². The molecule has 0 saturated heterocycles. The van der Waals surface area contributed by atoms with Crippen molar-refractivity contribution in [1.82, 2.24) is 0 Å². The van der Waals surface area contributed by atoms with Crippen LogP contribution in [0.3, 0.4) is 0 Å². The van der Waals surface area contributed by atoms with E-state index in [2.05, 4.69) is 12.1 Å². The quantitative estimate of drug-likeness (QED) is 0.697. The van der Waals surface area contributed by atoms with E-state index in [4.69, 9.17) is 0 Å². The number of carbonyl (C=O) groups is 1. The molecular weight excluding hydrogens is 172 g/mol. The van der Waals surface area contributed by atoms with E-state index in [9.17, 15) is 4.79 Å². The van der Waals surface area contributed by atoms with Gasteiger partial charge in [0.15, 0.2) is 0 Å². The Morgan fingerprint density at radius 3 is 2.64 bits per heavy atom. The summed E-state index contributed by atoms with van der Waals surface area (Å²) in [6, 6.07) is 10.3. The third-order valence-corrected chi connectivity index (χ3v) is 3.01. The number of rotatable bonds is 2. The monoisotopic (exact) mass is 188 g/mol. The van der Waals surface area contributed by atoms with Gasteiger partial charge in [-0.25, -0.2) is 0 Å². The lowest BCUT2D eigenvalue weighted by molar-refractivity contribution is -0.124. The first-order chi connectivity index (χ1) is 6.86. The Balaban J connectivity index is 2.00. The third kappa shape index (κ3) is 2.22. The fourth-order valence-electron chi connectivity index (χ4n) is 2.17. The molecule has 1 heteroatoms. The fourth-order valence-corrected chi connectivity index (χ4v) is 2.17. The standard InChI is InChI=1S/C13H16O/c14-13-9-5-4-8-12(13)10-11-6-2-1-3-7-11/h1-3,6-7,12H,4-5,8-10H2/t12-/m1/s1. The molecule has 0 aromatic heterocycles. The lowest BCUT2D eigenvalue weighted by atomic mass is 9.84. The molecule has 1 aromatic rings. The van der Waals surface area contributed by atoms with E-state index in [0.29, 0.717) is 11.7 Å². The molecule has 1 aliphatic carbocycles. The van der Waals surface area contributed by atoms with Crippen LogP contribution in [0.15, 0.2) is 30.3 Å². The van der Waals surface area contributed by atoms with E-state index >= 15 is 0 Å². The molecule has 1 atom stereocenters. The minimum atomic E-state index is 0.297. The van der Waals surface area contributed by atoms with Gasteiger partial charge in [-0.15, -0.1) is 0 Å². The largest absolute Gasteiger partial charge is 0.299 e. The van der Waals surface area contributed by atoms with Crippen LogP contribution in [0.1, 0.15) is 31.2 Å².